The largest absolute Gasteiger partial charge is 0.356 e. The lowest BCUT2D eigenvalue weighted by Gasteiger charge is -2.32. The van der Waals surface area contributed by atoms with E-state index in [0.717, 1.165) is 30.3 Å². The van der Waals surface area contributed by atoms with E-state index in [4.69, 9.17) is 4.98 Å². The Morgan fingerprint density at radius 3 is 2.85 bits per heavy atom. The van der Waals surface area contributed by atoms with Crippen LogP contribution in [0.4, 0.5) is 0 Å². The summed E-state index contributed by atoms with van der Waals surface area (Å²) in [4.78, 5) is 11.7. The number of fused-ring (bicyclic) bond motifs is 1. The standard InChI is InChI=1S/C20H32N6/c1-4-11-25-13-8-17(9-14-25)24-20(21-3)22-10-7-18-15-26-12-5-6-16(2)19(26)23-18/h5-6,12,15,17H,4,7-11,13-14H2,1-3H3,(H2,21,22,24). The summed E-state index contributed by atoms with van der Waals surface area (Å²) < 4.78 is 2.10. The summed E-state index contributed by atoms with van der Waals surface area (Å²) in [5.41, 5.74) is 3.36. The minimum atomic E-state index is 0.521. The van der Waals surface area contributed by atoms with Crippen molar-refractivity contribution < 1.29 is 0 Å². The van der Waals surface area contributed by atoms with Crippen molar-refractivity contribution in [1.29, 1.82) is 0 Å². The zero-order valence-corrected chi connectivity index (χ0v) is 16.3. The van der Waals surface area contributed by atoms with Crippen LogP contribution in [0.1, 0.15) is 37.4 Å². The molecule has 1 aliphatic heterocycles. The fourth-order valence-electron chi connectivity index (χ4n) is 3.64. The number of pyridine rings is 1. The van der Waals surface area contributed by atoms with Crippen molar-refractivity contribution in [2.24, 2.45) is 4.99 Å². The Hall–Kier alpha value is -2.08. The molecule has 3 rings (SSSR count). The number of piperidine rings is 1. The Kier molecular flexibility index (Phi) is 6.50. The summed E-state index contributed by atoms with van der Waals surface area (Å²) in [5.74, 6) is 0.902. The normalized spacial score (nSPS) is 17.0. The molecule has 3 heterocycles. The molecule has 6 heteroatoms. The van der Waals surface area contributed by atoms with Gasteiger partial charge in [0.2, 0.25) is 0 Å². The third kappa shape index (κ3) is 4.75. The van der Waals surface area contributed by atoms with E-state index < -0.39 is 0 Å². The zero-order valence-electron chi connectivity index (χ0n) is 16.3. The SMILES string of the molecule is CCCN1CCC(NC(=NC)NCCc2cn3cccc(C)c3n2)CC1. The average Bonchev–Trinajstić information content (AvgIpc) is 3.07. The molecule has 2 aromatic heterocycles. The summed E-state index contributed by atoms with van der Waals surface area (Å²) >= 11 is 0. The molecule has 2 aromatic rings. The molecule has 1 saturated heterocycles. The Bertz CT molecular complexity index is 727. The zero-order chi connectivity index (χ0) is 18.4. The molecule has 1 fully saturated rings. The highest BCUT2D eigenvalue weighted by atomic mass is 15.2. The third-order valence-electron chi connectivity index (χ3n) is 5.09. The molecular formula is C20H32N6. The van der Waals surface area contributed by atoms with Crippen LogP contribution in [0.25, 0.3) is 5.65 Å². The van der Waals surface area contributed by atoms with Crippen molar-refractivity contribution in [1.82, 2.24) is 24.9 Å². The van der Waals surface area contributed by atoms with Crippen LogP contribution in [0.5, 0.6) is 0 Å². The maximum Gasteiger partial charge on any atom is 0.191 e. The van der Waals surface area contributed by atoms with Gasteiger partial charge in [-0.2, -0.15) is 0 Å². The average molecular weight is 357 g/mol. The highest BCUT2D eigenvalue weighted by Crippen LogP contribution is 2.11. The predicted octanol–water partition coefficient (Wildman–Crippen LogP) is 2.22. The summed E-state index contributed by atoms with van der Waals surface area (Å²) in [7, 11) is 1.84. The number of aryl methyl sites for hydroxylation is 1. The number of hydrogen-bond acceptors (Lipinski definition) is 3. The van der Waals surface area contributed by atoms with E-state index in [1.807, 2.05) is 7.05 Å². The van der Waals surface area contributed by atoms with Crippen LogP contribution in [0.3, 0.4) is 0 Å². The van der Waals surface area contributed by atoms with Gasteiger partial charge in [0.15, 0.2) is 5.96 Å². The van der Waals surface area contributed by atoms with Gasteiger partial charge in [0.1, 0.15) is 5.65 Å². The first kappa shape index (κ1) is 18.7. The smallest absolute Gasteiger partial charge is 0.191 e. The number of guanidine groups is 1. The predicted molar refractivity (Wildman–Crippen MR) is 108 cm³/mol. The maximum atomic E-state index is 4.73. The van der Waals surface area contributed by atoms with Gasteiger partial charge in [0, 0.05) is 51.5 Å². The topological polar surface area (TPSA) is 57.0 Å². The number of hydrogen-bond donors (Lipinski definition) is 2. The fourth-order valence-corrected chi connectivity index (χ4v) is 3.64. The second-order valence-corrected chi connectivity index (χ2v) is 7.16. The number of aromatic nitrogens is 2. The van der Waals surface area contributed by atoms with Crippen molar-refractivity contribution >= 4 is 11.6 Å². The summed E-state index contributed by atoms with van der Waals surface area (Å²) in [6.07, 6.45) is 8.67. The first-order chi connectivity index (χ1) is 12.7. The summed E-state index contributed by atoms with van der Waals surface area (Å²) in [6, 6.07) is 4.68. The van der Waals surface area contributed by atoms with Crippen molar-refractivity contribution in [2.45, 2.75) is 45.6 Å². The second kappa shape index (κ2) is 9.03. The molecule has 1 aliphatic rings. The van der Waals surface area contributed by atoms with Crippen LogP contribution in [0, 0.1) is 6.92 Å². The Labute approximate surface area is 156 Å². The fraction of sp³-hybridized carbons (Fsp3) is 0.600. The molecule has 0 amide bonds. The van der Waals surface area contributed by atoms with Gasteiger partial charge in [0.05, 0.1) is 5.69 Å². The van der Waals surface area contributed by atoms with Gasteiger partial charge in [0.25, 0.3) is 0 Å². The van der Waals surface area contributed by atoms with Gasteiger partial charge in [-0.25, -0.2) is 4.98 Å². The molecular weight excluding hydrogens is 324 g/mol. The van der Waals surface area contributed by atoms with E-state index in [-0.39, 0.29) is 0 Å². The molecule has 0 atom stereocenters. The van der Waals surface area contributed by atoms with E-state index in [2.05, 4.69) is 63.3 Å². The van der Waals surface area contributed by atoms with E-state index in [1.165, 1.54) is 44.5 Å². The van der Waals surface area contributed by atoms with E-state index in [0.29, 0.717) is 6.04 Å². The quantitative estimate of drug-likeness (QED) is 0.616. The number of nitrogens with zero attached hydrogens (tertiary/aromatic N) is 4. The van der Waals surface area contributed by atoms with Gasteiger partial charge < -0.3 is 19.9 Å². The molecule has 26 heavy (non-hydrogen) atoms. The van der Waals surface area contributed by atoms with E-state index in [9.17, 15) is 0 Å². The molecule has 0 spiro atoms. The van der Waals surface area contributed by atoms with Crippen LogP contribution >= 0.6 is 0 Å². The van der Waals surface area contributed by atoms with Crippen molar-refractivity contribution in [3.63, 3.8) is 0 Å². The lowest BCUT2D eigenvalue weighted by Crippen LogP contribution is -2.49. The van der Waals surface area contributed by atoms with Gasteiger partial charge >= 0.3 is 0 Å². The molecule has 0 aromatic carbocycles. The number of likely N-dealkylation sites (tertiary alicyclic amines) is 1. The molecule has 0 radical (unpaired) electrons. The maximum absolute atomic E-state index is 4.73. The Balaban J connectivity index is 1.45. The molecule has 0 unspecified atom stereocenters. The van der Waals surface area contributed by atoms with E-state index >= 15 is 0 Å². The van der Waals surface area contributed by atoms with Gasteiger partial charge in [-0.1, -0.05) is 13.0 Å². The van der Waals surface area contributed by atoms with Crippen LogP contribution in [-0.4, -0.2) is 59.5 Å². The number of rotatable bonds is 6. The van der Waals surface area contributed by atoms with Crippen LogP contribution in [0.2, 0.25) is 0 Å². The number of aliphatic imine (C=N–C) groups is 1. The monoisotopic (exact) mass is 356 g/mol. The molecule has 0 bridgehead atoms. The first-order valence-electron chi connectivity index (χ1n) is 9.82. The third-order valence-corrected chi connectivity index (χ3v) is 5.09. The van der Waals surface area contributed by atoms with Crippen molar-refractivity contribution in [3.05, 3.63) is 35.8 Å². The minimum absolute atomic E-state index is 0.521. The van der Waals surface area contributed by atoms with Crippen LogP contribution in [0.15, 0.2) is 29.5 Å². The molecule has 142 valence electrons. The number of imidazole rings is 1. The van der Waals surface area contributed by atoms with Crippen molar-refractivity contribution in [2.75, 3.05) is 33.2 Å². The summed E-state index contributed by atoms with van der Waals surface area (Å²) in [6.45, 7) is 8.77. The first-order valence-corrected chi connectivity index (χ1v) is 9.82. The van der Waals surface area contributed by atoms with Crippen LogP contribution < -0.4 is 10.6 Å². The lowest BCUT2D eigenvalue weighted by molar-refractivity contribution is 0.206. The molecule has 0 saturated carbocycles. The van der Waals surface area contributed by atoms with Gasteiger partial charge in [-0.3, -0.25) is 4.99 Å². The molecule has 2 N–H and O–H groups in total. The van der Waals surface area contributed by atoms with Gasteiger partial charge in [-0.05, 0) is 44.4 Å². The van der Waals surface area contributed by atoms with E-state index in [1.54, 1.807) is 0 Å². The summed E-state index contributed by atoms with van der Waals surface area (Å²) in [5, 5.41) is 7.01. The molecule has 0 aliphatic carbocycles. The van der Waals surface area contributed by atoms with Crippen LogP contribution in [-0.2, 0) is 6.42 Å². The Morgan fingerprint density at radius 1 is 1.35 bits per heavy atom. The van der Waals surface area contributed by atoms with Crippen molar-refractivity contribution in [3.8, 4) is 0 Å². The molecule has 6 nitrogen and oxygen atoms in total. The van der Waals surface area contributed by atoms with Gasteiger partial charge in [-0.15, -0.1) is 0 Å². The number of nitrogens with one attached hydrogen (secondary N) is 2. The lowest BCUT2D eigenvalue weighted by atomic mass is 10.1. The Morgan fingerprint density at radius 2 is 2.15 bits per heavy atom. The second-order valence-electron chi connectivity index (χ2n) is 7.16. The minimum Gasteiger partial charge on any atom is -0.356 e. The highest BCUT2D eigenvalue weighted by molar-refractivity contribution is 5.79. The highest BCUT2D eigenvalue weighted by Gasteiger charge is 2.19.